The van der Waals surface area contributed by atoms with Crippen LogP contribution in [0.4, 0.5) is 0 Å². The largest absolute Gasteiger partial charge is 0.707 e. The van der Waals surface area contributed by atoms with Crippen molar-refractivity contribution in [3.8, 4) is 28.0 Å². The Morgan fingerprint density at radius 1 is 0.538 bits per heavy atom. The molecule has 26 heavy (non-hydrogen) atoms. The Morgan fingerprint density at radius 3 is 1.65 bits per heavy atom. The Hall–Kier alpha value is -3.08. The Kier molecular flexibility index (Phi) is 4.44. The summed E-state index contributed by atoms with van der Waals surface area (Å²) < 4.78 is 4.83. The van der Waals surface area contributed by atoms with Crippen LogP contribution >= 0.6 is 0 Å². The maximum atomic E-state index is 8.83. The summed E-state index contributed by atoms with van der Waals surface area (Å²) in [4.78, 5) is 0. The normalized spacial score (nSPS) is 10.7. The third-order valence-corrected chi connectivity index (χ3v) is 4.40. The van der Waals surface area contributed by atoms with Gasteiger partial charge in [0, 0.05) is 0 Å². The molecule has 0 heterocycles. The minimum atomic E-state index is -1.80. The topological polar surface area (TPSA) is 49.7 Å². The first-order chi connectivity index (χ1) is 12.7. The van der Waals surface area contributed by atoms with Gasteiger partial charge in [-0.15, -0.1) is 0 Å². The van der Waals surface area contributed by atoms with E-state index in [1.54, 1.807) is 12.1 Å². The van der Waals surface area contributed by atoms with Gasteiger partial charge in [-0.2, -0.15) is 0 Å². The van der Waals surface area contributed by atoms with Crippen LogP contribution in [0.25, 0.3) is 33.0 Å². The molecule has 2 N–H and O–H groups in total. The van der Waals surface area contributed by atoms with E-state index >= 15 is 0 Å². The standard InChI is InChI=1S/C22H17BO3/c24-23(25)26-22-13-11-18(12-14-22)17-5-7-19(8-6-17)21-10-9-16-3-1-2-4-20(16)15-21/h1-15,24-25H. The molecule has 0 aliphatic carbocycles. The fourth-order valence-corrected chi connectivity index (χ4v) is 3.07. The van der Waals surface area contributed by atoms with Crippen molar-refractivity contribution in [3.63, 3.8) is 0 Å². The van der Waals surface area contributed by atoms with Crippen LogP contribution in [0.3, 0.4) is 0 Å². The molecule has 0 aliphatic heterocycles. The Morgan fingerprint density at radius 2 is 1.04 bits per heavy atom. The average molecular weight is 340 g/mol. The van der Waals surface area contributed by atoms with Gasteiger partial charge in [0.25, 0.3) is 0 Å². The molecule has 4 heteroatoms. The average Bonchev–Trinajstić information content (AvgIpc) is 2.68. The molecule has 0 saturated carbocycles. The lowest BCUT2D eigenvalue weighted by Crippen LogP contribution is -2.20. The van der Waals surface area contributed by atoms with Crippen LogP contribution in [-0.2, 0) is 0 Å². The summed E-state index contributed by atoms with van der Waals surface area (Å²) in [6.45, 7) is 0. The molecule has 0 radical (unpaired) electrons. The molecule has 0 aliphatic rings. The molecular formula is C22H17BO3. The highest BCUT2D eigenvalue weighted by Gasteiger charge is 2.10. The summed E-state index contributed by atoms with van der Waals surface area (Å²) >= 11 is 0. The molecule has 0 bridgehead atoms. The van der Waals surface area contributed by atoms with Crippen LogP contribution in [0.15, 0.2) is 91.0 Å². The second kappa shape index (κ2) is 7.04. The van der Waals surface area contributed by atoms with E-state index in [1.165, 1.54) is 21.9 Å². The zero-order chi connectivity index (χ0) is 17.9. The van der Waals surface area contributed by atoms with Crippen molar-refractivity contribution >= 4 is 18.1 Å². The fraction of sp³-hybridized carbons (Fsp3) is 0. The van der Waals surface area contributed by atoms with E-state index in [0.717, 1.165) is 11.1 Å². The lowest BCUT2D eigenvalue weighted by molar-refractivity contribution is 0.288. The molecule has 4 rings (SSSR count). The van der Waals surface area contributed by atoms with Gasteiger partial charge in [-0.1, -0.05) is 72.8 Å². The number of rotatable bonds is 4. The van der Waals surface area contributed by atoms with E-state index < -0.39 is 7.32 Å². The number of fused-ring (bicyclic) bond motifs is 1. The summed E-state index contributed by atoms with van der Waals surface area (Å²) in [7, 11) is -1.80. The van der Waals surface area contributed by atoms with Gasteiger partial charge in [-0.3, -0.25) is 0 Å². The van der Waals surface area contributed by atoms with Crippen LogP contribution in [0, 0.1) is 0 Å². The van der Waals surface area contributed by atoms with Crippen molar-refractivity contribution in [2.75, 3.05) is 0 Å². The minimum absolute atomic E-state index is 0.413. The minimum Gasteiger partial charge on any atom is -0.512 e. The second-order valence-electron chi connectivity index (χ2n) is 6.11. The van der Waals surface area contributed by atoms with Gasteiger partial charge in [0.05, 0.1) is 0 Å². The van der Waals surface area contributed by atoms with Crippen LogP contribution in [0.1, 0.15) is 0 Å². The third-order valence-electron chi connectivity index (χ3n) is 4.40. The van der Waals surface area contributed by atoms with E-state index in [1.807, 2.05) is 18.2 Å². The molecule has 0 unspecified atom stereocenters. The zero-order valence-electron chi connectivity index (χ0n) is 14.0. The predicted octanol–water partition coefficient (Wildman–Crippen LogP) is 4.52. The van der Waals surface area contributed by atoms with Crippen LogP contribution in [0.5, 0.6) is 5.75 Å². The Balaban J connectivity index is 1.59. The first-order valence-electron chi connectivity index (χ1n) is 8.41. The summed E-state index contributed by atoms with van der Waals surface area (Å²) in [6, 6.07) is 30.4. The van der Waals surface area contributed by atoms with Crippen molar-refractivity contribution in [2.45, 2.75) is 0 Å². The molecule has 0 saturated heterocycles. The molecule has 0 fully saturated rings. The van der Waals surface area contributed by atoms with Crippen molar-refractivity contribution < 1.29 is 14.7 Å². The van der Waals surface area contributed by atoms with Gasteiger partial charge in [0.2, 0.25) is 0 Å². The molecule has 126 valence electrons. The third kappa shape index (κ3) is 3.47. The maximum absolute atomic E-state index is 8.83. The number of hydrogen-bond acceptors (Lipinski definition) is 3. The number of benzene rings is 4. The Bertz CT molecular complexity index is 1030. The van der Waals surface area contributed by atoms with E-state index in [9.17, 15) is 0 Å². The smallest absolute Gasteiger partial charge is 0.512 e. The van der Waals surface area contributed by atoms with Crippen LogP contribution in [0.2, 0.25) is 0 Å². The molecule has 0 spiro atoms. The fourth-order valence-electron chi connectivity index (χ4n) is 3.07. The highest BCUT2D eigenvalue weighted by atomic mass is 16.6. The van der Waals surface area contributed by atoms with Gasteiger partial charge in [-0.05, 0) is 51.2 Å². The van der Waals surface area contributed by atoms with Crippen molar-refractivity contribution in [1.82, 2.24) is 0 Å². The van der Waals surface area contributed by atoms with Gasteiger partial charge in [0.1, 0.15) is 5.75 Å². The van der Waals surface area contributed by atoms with Crippen LogP contribution < -0.4 is 4.65 Å². The van der Waals surface area contributed by atoms with E-state index in [4.69, 9.17) is 14.7 Å². The first-order valence-corrected chi connectivity index (χ1v) is 8.41. The molecular weight excluding hydrogens is 323 g/mol. The molecule has 4 aromatic rings. The van der Waals surface area contributed by atoms with Crippen molar-refractivity contribution in [1.29, 1.82) is 0 Å². The number of hydrogen-bond donors (Lipinski definition) is 2. The molecule has 0 aromatic heterocycles. The van der Waals surface area contributed by atoms with Gasteiger partial charge in [-0.25, -0.2) is 0 Å². The SMILES string of the molecule is OB(O)Oc1ccc(-c2ccc(-c3ccc4ccccc4c3)cc2)cc1. The second-order valence-corrected chi connectivity index (χ2v) is 6.11. The lowest BCUT2D eigenvalue weighted by Gasteiger charge is -2.08. The summed E-state index contributed by atoms with van der Waals surface area (Å²) in [5.41, 5.74) is 4.49. The van der Waals surface area contributed by atoms with Crippen LogP contribution in [-0.4, -0.2) is 17.4 Å². The summed E-state index contributed by atoms with van der Waals surface area (Å²) in [5.74, 6) is 0.413. The predicted molar refractivity (Wildman–Crippen MR) is 106 cm³/mol. The van der Waals surface area contributed by atoms with E-state index in [0.29, 0.717) is 5.75 Å². The first kappa shape index (κ1) is 16.4. The van der Waals surface area contributed by atoms with Gasteiger partial charge in [0.15, 0.2) is 0 Å². The van der Waals surface area contributed by atoms with Gasteiger partial charge < -0.3 is 14.7 Å². The molecule has 0 atom stereocenters. The summed E-state index contributed by atoms with van der Waals surface area (Å²) in [6.07, 6.45) is 0. The van der Waals surface area contributed by atoms with Gasteiger partial charge >= 0.3 is 7.32 Å². The maximum Gasteiger partial charge on any atom is 0.707 e. The van der Waals surface area contributed by atoms with Crippen molar-refractivity contribution in [3.05, 3.63) is 91.0 Å². The Labute approximate surface area is 152 Å². The highest BCUT2D eigenvalue weighted by Crippen LogP contribution is 2.28. The van der Waals surface area contributed by atoms with E-state index in [-0.39, 0.29) is 0 Å². The summed E-state index contributed by atoms with van der Waals surface area (Å²) in [5, 5.41) is 20.1. The zero-order valence-corrected chi connectivity index (χ0v) is 14.0. The monoisotopic (exact) mass is 340 g/mol. The van der Waals surface area contributed by atoms with Crippen molar-refractivity contribution in [2.24, 2.45) is 0 Å². The quantitative estimate of drug-likeness (QED) is 0.537. The van der Waals surface area contributed by atoms with E-state index in [2.05, 4.69) is 60.7 Å². The molecule has 0 amide bonds. The lowest BCUT2D eigenvalue weighted by atomic mass is 9.98. The highest BCUT2D eigenvalue weighted by molar-refractivity contribution is 6.33. The molecule has 3 nitrogen and oxygen atoms in total. The molecule has 4 aromatic carbocycles.